The molecule has 2 N–H and O–H groups in total. The van der Waals surface area contributed by atoms with Gasteiger partial charge in [0.05, 0.1) is 0 Å². The van der Waals surface area contributed by atoms with E-state index in [0.29, 0.717) is 16.7 Å². The Morgan fingerprint density at radius 1 is 1.21 bits per heavy atom. The zero-order chi connectivity index (χ0) is 11.4. The van der Waals surface area contributed by atoms with Gasteiger partial charge in [-0.1, -0.05) is 41.5 Å². The lowest BCUT2D eigenvalue weighted by atomic mass is 9.87. The summed E-state index contributed by atoms with van der Waals surface area (Å²) >= 11 is 2.04. The maximum atomic E-state index is 6.17. The molecule has 0 saturated heterocycles. The van der Waals surface area contributed by atoms with Crippen LogP contribution in [0.4, 0.5) is 0 Å². The fraction of sp³-hybridized carbons (Fsp3) is 1.00. The SMILES string of the molecule is CCC(N)C(SCC(C)C)C(C)(C)C. The van der Waals surface area contributed by atoms with Crippen LogP contribution >= 0.6 is 11.8 Å². The van der Waals surface area contributed by atoms with Crippen LogP contribution in [0.3, 0.4) is 0 Å². The Morgan fingerprint density at radius 3 is 2.00 bits per heavy atom. The largest absolute Gasteiger partial charge is 0.327 e. The average Bonchev–Trinajstić information content (AvgIpc) is 2.01. The zero-order valence-corrected chi connectivity index (χ0v) is 11.4. The van der Waals surface area contributed by atoms with Crippen molar-refractivity contribution in [2.45, 2.75) is 59.3 Å². The van der Waals surface area contributed by atoms with Crippen LogP contribution in [-0.2, 0) is 0 Å². The van der Waals surface area contributed by atoms with Gasteiger partial charge in [0, 0.05) is 11.3 Å². The van der Waals surface area contributed by atoms with Gasteiger partial charge in [0.25, 0.3) is 0 Å². The van der Waals surface area contributed by atoms with Gasteiger partial charge < -0.3 is 5.73 Å². The van der Waals surface area contributed by atoms with E-state index >= 15 is 0 Å². The quantitative estimate of drug-likeness (QED) is 0.762. The number of hydrogen-bond acceptors (Lipinski definition) is 2. The first-order valence-corrected chi connectivity index (χ1v) is 6.71. The second-order valence-electron chi connectivity index (χ2n) is 5.59. The fourth-order valence-corrected chi connectivity index (χ4v) is 3.06. The predicted molar refractivity (Wildman–Crippen MR) is 68.8 cm³/mol. The lowest BCUT2D eigenvalue weighted by molar-refractivity contribution is 0.350. The van der Waals surface area contributed by atoms with Crippen LogP contribution in [0.1, 0.15) is 48.0 Å². The Bertz CT molecular complexity index is 149. The molecule has 0 aromatic rings. The summed E-state index contributed by atoms with van der Waals surface area (Å²) in [7, 11) is 0. The van der Waals surface area contributed by atoms with Gasteiger partial charge in [-0.25, -0.2) is 0 Å². The van der Waals surface area contributed by atoms with E-state index in [1.807, 2.05) is 11.8 Å². The molecule has 0 aliphatic rings. The van der Waals surface area contributed by atoms with Gasteiger partial charge in [0.2, 0.25) is 0 Å². The first-order valence-electron chi connectivity index (χ1n) is 5.66. The molecule has 2 heteroatoms. The Morgan fingerprint density at radius 2 is 1.71 bits per heavy atom. The summed E-state index contributed by atoms with van der Waals surface area (Å²) in [6, 6.07) is 0.332. The number of hydrogen-bond donors (Lipinski definition) is 1. The monoisotopic (exact) mass is 217 g/mol. The van der Waals surface area contributed by atoms with Crippen LogP contribution < -0.4 is 5.73 Å². The molecule has 0 amide bonds. The Balaban J connectivity index is 4.26. The van der Waals surface area contributed by atoms with Crippen LogP contribution in [0.5, 0.6) is 0 Å². The van der Waals surface area contributed by atoms with Gasteiger partial charge in [-0.15, -0.1) is 0 Å². The maximum Gasteiger partial charge on any atom is 0.0247 e. The van der Waals surface area contributed by atoms with E-state index in [1.54, 1.807) is 0 Å². The lowest BCUT2D eigenvalue weighted by Crippen LogP contribution is -2.41. The third-order valence-corrected chi connectivity index (χ3v) is 4.60. The predicted octanol–water partition coefficient (Wildman–Crippen LogP) is 3.53. The van der Waals surface area contributed by atoms with E-state index in [9.17, 15) is 0 Å². The van der Waals surface area contributed by atoms with Gasteiger partial charge >= 0.3 is 0 Å². The number of nitrogens with two attached hydrogens (primary N) is 1. The summed E-state index contributed by atoms with van der Waals surface area (Å²) in [6.07, 6.45) is 1.08. The van der Waals surface area contributed by atoms with Gasteiger partial charge in [-0.05, 0) is 23.5 Å². The molecular weight excluding hydrogens is 190 g/mol. The first-order chi connectivity index (χ1) is 6.29. The first kappa shape index (κ1) is 14.3. The summed E-state index contributed by atoms with van der Waals surface area (Å²) in [5.41, 5.74) is 6.48. The summed E-state index contributed by atoms with van der Waals surface area (Å²) in [6.45, 7) is 13.6. The van der Waals surface area contributed by atoms with Crippen molar-refractivity contribution in [1.82, 2.24) is 0 Å². The molecule has 0 aliphatic carbocycles. The molecule has 0 bridgehead atoms. The third-order valence-electron chi connectivity index (χ3n) is 2.32. The van der Waals surface area contributed by atoms with Crippen molar-refractivity contribution in [3.05, 3.63) is 0 Å². The molecule has 0 radical (unpaired) electrons. The van der Waals surface area contributed by atoms with Crippen molar-refractivity contribution >= 4 is 11.8 Å². The van der Waals surface area contributed by atoms with E-state index in [2.05, 4.69) is 41.5 Å². The standard InChI is InChI=1S/C12H27NS/c1-7-10(13)11(12(4,5)6)14-8-9(2)3/h9-11H,7-8,13H2,1-6H3. The van der Waals surface area contributed by atoms with Crippen molar-refractivity contribution in [2.24, 2.45) is 17.1 Å². The Kier molecular flexibility index (Phi) is 6.15. The molecule has 14 heavy (non-hydrogen) atoms. The van der Waals surface area contributed by atoms with E-state index in [0.717, 1.165) is 12.3 Å². The number of thioether (sulfide) groups is 1. The normalized spacial score (nSPS) is 17.1. The average molecular weight is 217 g/mol. The van der Waals surface area contributed by atoms with Gasteiger partial charge in [-0.2, -0.15) is 11.8 Å². The van der Waals surface area contributed by atoms with Gasteiger partial charge in [0.15, 0.2) is 0 Å². The smallest absolute Gasteiger partial charge is 0.0247 e. The fourth-order valence-electron chi connectivity index (χ4n) is 1.53. The molecular formula is C12H27NS. The van der Waals surface area contributed by atoms with Crippen LogP contribution in [0.25, 0.3) is 0 Å². The van der Waals surface area contributed by atoms with Crippen LogP contribution in [-0.4, -0.2) is 17.0 Å². The van der Waals surface area contributed by atoms with Crippen molar-refractivity contribution in [1.29, 1.82) is 0 Å². The number of rotatable bonds is 5. The molecule has 0 aliphatic heterocycles. The van der Waals surface area contributed by atoms with Crippen molar-refractivity contribution < 1.29 is 0 Å². The third kappa shape index (κ3) is 5.26. The molecule has 2 atom stereocenters. The molecule has 2 unspecified atom stereocenters. The van der Waals surface area contributed by atoms with E-state index in [4.69, 9.17) is 5.73 Å². The Hall–Kier alpha value is 0.310. The summed E-state index contributed by atoms with van der Waals surface area (Å²) in [4.78, 5) is 0. The van der Waals surface area contributed by atoms with Crippen molar-refractivity contribution in [3.63, 3.8) is 0 Å². The maximum absolute atomic E-state index is 6.17. The minimum atomic E-state index is 0.314. The molecule has 0 heterocycles. The molecule has 0 spiro atoms. The van der Waals surface area contributed by atoms with Crippen LogP contribution in [0.2, 0.25) is 0 Å². The van der Waals surface area contributed by atoms with Gasteiger partial charge in [-0.3, -0.25) is 0 Å². The molecule has 0 rings (SSSR count). The second kappa shape index (κ2) is 6.02. The lowest BCUT2D eigenvalue weighted by Gasteiger charge is -2.35. The highest BCUT2D eigenvalue weighted by Gasteiger charge is 2.29. The summed E-state index contributed by atoms with van der Waals surface area (Å²) in [5, 5.41) is 0.579. The molecule has 0 saturated carbocycles. The Labute approximate surface area is 94.2 Å². The van der Waals surface area contributed by atoms with E-state index < -0.39 is 0 Å². The zero-order valence-electron chi connectivity index (χ0n) is 10.6. The summed E-state index contributed by atoms with van der Waals surface area (Å²) in [5.74, 6) is 1.98. The molecule has 1 nitrogen and oxygen atoms in total. The van der Waals surface area contributed by atoms with E-state index in [-0.39, 0.29) is 0 Å². The molecule has 0 aromatic carbocycles. The minimum Gasteiger partial charge on any atom is -0.327 e. The van der Waals surface area contributed by atoms with Crippen LogP contribution in [0.15, 0.2) is 0 Å². The van der Waals surface area contributed by atoms with Gasteiger partial charge in [0.1, 0.15) is 0 Å². The van der Waals surface area contributed by atoms with Crippen molar-refractivity contribution in [2.75, 3.05) is 5.75 Å². The summed E-state index contributed by atoms with van der Waals surface area (Å²) < 4.78 is 0. The van der Waals surface area contributed by atoms with Crippen molar-refractivity contribution in [3.8, 4) is 0 Å². The van der Waals surface area contributed by atoms with Crippen LogP contribution in [0, 0.1) is 11.3 Å². The highest BCUT2D eigenvalue weighted by molar-refractivity contribution is 8.00. The minimum absolute atomic E-state index is 0.314. The molecule has 0 fully saturated rings. The highest BCUT2D eigenvalue weighted by atomic mass is 32.2. The molecule has 0 aromatic heterocycles. The second-order valence-corrected chi connectivity index (χ2v) is 6.76. The topological polar surface area (TPSA) is 26.0 Å². The highest BCUT2D eigenvalue weighted by Crippen LogP contribution is 2.34. The molecule has 86 valence electrons. The van der Waals surface area contributed by atoms with E-state index in [1.165, 1.54) is 5.75 Å².